The minimum atomic E-state index is -1.40. The van der Waals surface area contributed by atoms with E-state index in [1.807, 2.05) is 30.3 Å². The Kier molecular flexibility index (Phi) is 4.94. The number of methoxy groups -OCH3 is 1. The van der Waals surface area contributed by atoms with E-state index in [0.29, 0.717) is 5.54 Å². The molecule has 1 aromatic rings. The van der Waals surface area contributed by atoms with Crippen molar-refractivity contribution in [1.29, 1.82) is 0 Å². The maximum Gasteiger partial charge on any atom is 0.176 e. The molecule has 0 aliphatic heterocycles. The minimum Gasteiger partial charge on any atom is -0.497 e. The average Bonchev–Trinajstić information content (AvgIpc) is 2.43. The monoisotopic (exact) mass is 322 g/mol. The number of ketones is 1. The molecule has 2 nitrogen and oxygen atoms in total. The molecular formula is C17H23ClO2Si. The second kappa shape index (κ2) is 6.37. The van der Waals surface area contributed by atoms with Crippen molar-refractivity contribution in [2.45, 2.75) is 43.4 Å². The standard InChI is InChI=1S/C17H23ClO2Si/c1-20-14-7-5-6-12(11-14)10-13-8-9-15(21(2,3)4)16(18)17(13)19/h5-7,10-11,15-16H,8-9H2,1-4H3. The molecule has 0 saturated heterocycles. The normalized spacial score (nSPS) is 25.2. The first-order valence-corrected chi connectivity index (χ1v) is 11.4. The van der Waals surface area contributed by atoms with Gasteiger partial charge in [-0.3, -0.25) is 4.79 Å². The van der Waals surface area contributed by atoms with Gasteiger partial charge in [-0.2, -0.15) is 0 Å². The van der Waals surface area contributed by atoms with Crippen LogP contribution in [0, 0.1) is 0 Å². The van der Waals surface area contributed by atoms with E-state index in [1.54, 1.807) is 7.11 Å². The lowest BCUT2D eigenvalue weighted by atomic mass is 9.91. The molecule has 114 valence electrons. The third-order valence-electron chi connectivity index (χ3n) is 4.19. The van der Waals surface area contributed by atoms with Gasteiger partial charge in [0.25, 0.3) is 0 Å². The van der Waals surface area contributed by atoms with Crippen LogP contribution < -0.4 is 4.74 Å². The van der Waals surface area contributed by atoms with Crippen molar-refractivity contribution >= 4 is 31.5 Å². The van der Waals surface area contributed by atoms with Gasteiger partial charge in [-0.15, -0.1) is 11.6 Å². The Bertz CT molecular complexity index is 560. The van der Waals surface area contributed by atoms with E-state index in [9.17, 15) is 4.79 Å². The van der Waals surface area contributed by atoms with Crippen molar-refractivity contribution in [3.63, 3.8) is 0 Å². The average molecular weight is 323 g/mol. The molecule has 21 heavy (non-hydrogen) atoms. The van der Waals surface area contributed by atoms with E-state index >= 15 is 0 Å². The fraction of sp³-hybridized carbons (Fsp3) is 0.471. The van der Waals surface area contributed by atoms with Crippen LogP contribution in [0.2, 0.25) is 25.2 Å². The molecular weight excluding hydrogens is 300 g/mol. The number of carbonyl (C=O) groups is 1. The van der Waals surface area contributed by atoms with Crippen molar-refractivity contribution in [2.75, 3.05) is 7.11 Å². The Labute approximate surface area is 133 Å². The van der Waals surface area contributed by atoms with Gasteiger partial charge in [0.2, 0.25) is 0 Å². The quantitative estimate of drug-likeness (QED) is 0.455. The number of ether oxygens (including phenoxy) is 1. The summed E-state index contributed by atoms with van der Waals surface area (Å²) >= 11 is 6.46. The molecule has 1 saturated carbocycles. The minimum absolute atomic E-state index is 0.109. The van der Waals surface area contributed by atoms with Gasteiger partial charge in [0, 0.05) is 8.07 Å². The Morgan fingerprint density at radius 2 is 2.05 bits per heavy atom. The second-order valence-corrected chi connectivity index (χ2v) is 12.7. The zero-order chi connectivity index (χ0) is 15.6. The largest absolute Gasteiger partial charge is 0.497 e. The molecule has 0 aromatic heterocycles. The number of carbonyl (C=O) groups excluding carboxylic acids is 1. The first-order valence-electron chi connectivity index (χ1n) is 7.36. The van der Waals surface area contributed by atoms with Gasteiger partial charge in [-0.25, -0.2) is 0 Å². The van der Waals surface area contributed by atoms with Gasteiger partial charge < -0.3 is 4.74 Å². The Balaban J connectivity index is 2.23. The predicted molar refractivity (Wildman–Crippen MR) is 91.9 cm³/mol. The molecule has 1 aromatic carbocycles. The maximum absolute atomic E-state index is 12.5. The lowest BCUT2D eigenvalue weighted by Gasteiger charge is -2.36. The lowest BCUT2D eigenvalue weighted by Crippen LogP contribution is -2.41. The van der Waals surface area contributed by atoms with Crippen LogP contribution in [0.15, 0.2) is 29.8 Å². The Morgan fingerprint density at radius 3 is 2.67 bits per heavy atom. The van der Waals surface area contributed by atoms with Gasteiger partial charge in [0.05, 0.1) is 12.5 Å². The summed E-state index contributed by atoms with van der Waals surface area (Å²) in [6.45, 7) is 6.87. The molecule has 2 rings (SSSR count). The van der Waals surface area contributed by atoms with Gasteiger partial charge >= 0.3 is 0 Å². The Morgan fingerprint density at radius 1 is 1.33 bits per heavy atom. The Hall–Kier alpha value is -1.06. The third-order valence-corrected chi connectivity index (χ3v) is 7.75. The van der Waals surface area contributed by atoms with Crippen molar-refractivity contribution in [1.82, 2.24) is 0 Å². The first-order chi connectivity index (χ1) is 9.82. The molecule has 2 atom stereocenters. The highest BCUT2D eigenvalue weighted by molar-refractivity contribution is 6.79. The molecule has 0 heterocycles. The van der Waals surface area contributed by atoms with Crippen molar-refractivity contribution in [2.24, 2.45) is 0 Å². The number of hydrogen-bond acceptors (Lipinski definition) is 2. The van der Waals surface area contributed by atoms with Gasteiger partial charge in [-0.1, -0.05) is 31.8 Å². The van der Waals surface area contributed by atoms with Crippen molar-refractivity contribution in [3.05, 3.63) is 35.4 Å². The molecule has 2 unspecified atom stereocenters. The molecule has 1 aliphatic carbocycles. The van der Waals surface area contributed by atoms with E-state index in [4.69, 9.17) is 16.3 Å². The highest BCUT2D eigenvalue weighted by Gasteiger charge is 2.40. The highest BCUT2D eigenvalue weighted by atomic mass is 35.5. The fourth-order valence-electron chi connectivity index (χ4n) is 2.89. The van der Waals surface area contributed by atoms with Crippen LogP contribution in [0.3, 0.4) is 0 Å². The SMILES string of the molecule is COc1cccc(C=C2CCC([Si](C)(C)C)C(Cl)C2=O)c1. The predicted octanol–water partition coefficient (Wildman–Crippen LogP) is 4.76. The maximum atomic E-state index is 12.5. The lowest BCUT2D eigenvalue weighted by molar-refractivity contribution is -0.116. The van der Waals surface area contributed by atoms with E-state index in [-0.39, 0.29) is 11.2 Å². The molecule has 1 aliphatic rings. The zero-order valence-electron chi connectivity index (χ0n) is 13.2. The van der Waals surface area contributed by atoms with Gasteiger partial charge in [0.15, 0.2) is 5.78 Å². The van der Waals surface area contributed by atoms with Crippen LogP contribution in [0.4, 0.5) is 0 Å². The zero-order valence-corrected chi connectivity index (χ0v) is 14.9. The van der Waals surface area contributed by atoms with E-state index in [1.165, 1.54) is 0 Å². The summed E-state index contributed by atoms with van der Waals surface area (Å²) in [5.74, 6) is 0.910. The van der Waals surface area contributed by atoms with Crippen molar-refractivity contribution in [3.8, 4) is 5.75 Å². The summed E-state index contributed by atoms with van der Waals surface area (Å²) in [5.41, 5.74) is 2.21. The molecule has 0 spiro atoms. The number of rotatable bonds is 3. The first kappa shape index (κ1) is 16.3. The van der Waals surface area contributed by atoms with Crippen LogP contribution >= 0.6 is 11.6 Å². The van der Waals surface area contributed by atoms with Gasteiger partial charge in [-0.05, 0) is 47.7 Å². The van der Waals surface area contributed by atoms with Gasteiger partial charge in [0.1, 0.15) is 5.75 Å². The van der Waals surface area contributed by atoms with E-state index in [0.717, 1.165) is 29.7 Å². The van der Waals surface area contributed by atoms with E-state index < -0.39 is 8.07 Å². The number of hydrogen-bond donors (Lipinski definition) is 0. The van der Waals surface area contributed by atoms with Crippen LogP contribution in [0.25, 0.3) is 6.08 Å². The summed E-state index contributed by atoms with van der Waals surface area (Å²) in [4.78, 5) is 12.5. The third kappa shape index (κ3) is 3.77. The smallest absolute Gasteiger partial charge is 0.176 e. The number of alkyl halides is 1. The number of benzene rings is 1. The fourth-order valence-corrected chi connectivity index (χ4v) is 6.33. The summed E-state index contributed by atoms with van der Waals surface area (Å²) in [5, 5.41) is -0.359. The van der Waals surface area contributed by atoms with Crippen molar-refractivity contribution < 1.29 is 9.53 Å². The summed E-state index contributed by atoms with van der Waals surface area (Å²) in [6.07, 6.45) is 3.81. The molecule has 0 radical (unpaired) electrons. The molecule has 4 heteroatoms. The summed E-state index contributed by atoms with van der Waals surface area (Å²) < 4.78 is 5.22. The number of allylic oxidation sites excluding steroid dienone is 1. The molecule has 0 N–H and O–H groups in total. The molecule has 0 amide bonds. The number of Topliss-reactive ketones (excluding diaryl/α,β-unsaturated/α-hetero) is 1. The highest BCUT2D eigenvalue weighted by Crippen LogP contribution is 2.41. The second-order valence-electron chi connectivity index (χ2n) is 6.72. The summed E-state index contributed by atoms with van der Waals surface area (Å²) in [6, 6.07) is 7.75. The van der Waals surface area contributed by atoms with Crippen LogP contribution in [0.5, 0.6) is 5.75 Å². The van der Waals surface area contributed by atoms with Crippen LogP contribution in [-0.2, 0) is 4.79 Å². The number of halogens is 1. The summed E-state index contributed by atoms with van der Waals surface area (Å²) in [7, 11) is 0.247. The molecule has 1 fully saturated rings. The van der Waals surface area contributed by atoms with E-state index in [2.05, 4.69) is 19.6 Å². The molecule has 0 bridgehead atoms. The van der Waals surface area contributed by atoms with Crippen LogP contribution in [0.1, 0.15) is 18.4 Å². The van der Waals surface area contributed by atoms with Crippen LogP contribution in [-0.4, -0.2) is 26.3 Å². The topological polar surface area (TPSA) is 26.3 Å².